The molecule has 120 valence electrons. The van der Waals surface area contributed by atoms with E-state index in [1.54, 1.807) is 0 Å². The summed E-state index contributed by atoms with van der Waals surface area (Å²) in [7, 11) is 0.928. The van der Waals surface area contributed by atoms with E-state index in [1.165, 1.54) is 0 Å². The lowest BCUT2D eigenvalue weighted by Gasteiger charge is -2.18. The van der Waals surface area contributed by atoms with E-state index < -0.39 is 7.32 Å². The average molecular weight is 319 g/mol. The Morgan fingerprint density at radius 3 is 1.67 bits per heavy atom. The second-order valence-electron chi connectivity index (χ2n) is 5.01. The number of rotatable bonds is 7. The van der Waals surface area contributed by atoms with Crippen LogP contribution in [-0.4, -0.2) is 14.4 Å². The zero-order valence-electron chi connectivity index (χ0n) is 13.4. The van der Waals surface area contributed by atoms with Crippen LogP contribution >= 0.6 is 0 Å². The van der Waals surface area contributed by atoms with Crippen LogP contribution in [-0.2, 0) is 0 Å². The normalized spacial score (nSPS) is 9.88. The topological polar surface area (TPSA) is 39.7 Å². The van der Waals surface area contributed by atoms with Gasteiger partial charge in [0.2, 0.25) is 0 Å². The first-order valence-electron chi connectivity index (χ1n) is 7.72. The maximum absolute atomic E-state index is 5.94. The van der Waals surface area contributed by atoms with Crippen LogP contribution in [0.1, 0.15) is 0 Å². The monoisotopic (exact) mass is 319 g/mol. The summed E-state index contributed by atoms with van der Waals surface area (Å²) in [6, 6.07) is 26.5. The van der Waals surface area contributed by atoms with Gasteiger partial charge in [0.15, 0.2) is 0 Å². The standard InChI is InChI=1S/C19H18BNO3/c1-21-18-14-8-9-15-19(18)24-20(22-16-10-4-2-5-11-16)23-17-12-6-3-7-13-17/h2-15,21H,1H3. The third-order valence-corrected chi connectivity index (χ3v) is 3.33. The maximum atomic E-state index is 5.94. The number of hydrogen-bond donors (Lipinski definition) is 1. The average Bonchev–Trinajstić information content (AvgIpc) is 2.64. The minimum Gasteiger partial charge on any atom is -0.490 e. The summed E-state index contributed by atoms with van der Waals surface area (Å²) in [6.45, 7) is 0. The van der Waals surface area contributed by atoms with Crippen LogP contribution < -0.4 is 19.3 Å². The molecule has 0 atom stereocenters. The highest BCUT2D eigenvalue weighted by Crippen LogP contribution is 2.25. The predicted octanol–water partition coefficient (Wildman–Crippen LogP) is 4.25. The molecule has 24 heavy (non-hydrogen) atoms. The van der Waals surface area contributed by atoms with E-state index in [2.05, 4.69) is 5.32 Å². The molecule has 0 fully saturated rings. The molecule has 0 spiro atoms. The van der Waals surface area contributed by atoms with Crippen LogP contribution in [0.3, 0.4) is 0 Å². The molecular weight excluding hydrogens is 301 g/mol. The smallest absolute Gasteiger partial charge is 0.490 e. The molecular formula is C19H18BNO3. The SMILES string of the molecule is CNc1ccccc1OB(Oc1ccccc1)Oc1ccccc1. The van der Waals surface area contributed by atoms with Crippen LogP contribution in [0.5, 0.6) is 17.2 Å². The molecule has 3 aromatic carbocycles. The number of nitrogens with one attached hydrogen (secondary N) is 1. The van der Waals surface area contributed by atoms with Gasteiger partial charge in [0.25, 0.3) is 0 Å². The molecule has 3 rings (SSSR count). The van der Waals surface area contributed by atoms with Crippen molar-refractivity contribution in [1.29, 1.82) is 0 Å². The van der Waals surface area contributed by atoms with Gasteiger partial charge in [-0.2, -0.15) is 0 Å². The molecule has 0 amide bonds. The second kappa shape index (κ2) is 7.97. The van der Waals surface area contributed by atoms with Crippen molar-refractivity contribution in [2.45, 2.75) is 0 Å². The molecule has 3 aromatic rings. The van der Waals surface area contributed by atoms with Crippen molar-refractivity contribution in [3.05, 3.63) is 84.9 Å². The molecule has 0 aliphatic carbocycles. The van der Waals surface area contributed by atoms with Crippen molar-refractivity contribution >= 4 is 13.0 Å². The minimum absolute atomic E-state index is 0.650. The van der Waals surface area contributed by atoms with Crippen LogP contribution in [0.25, 0.3) is 0 Å². The van der Waals surface area contributed by atoms with Gasteiger partial charge in [-0.3, -0.25) is 0 Å². The van der Waals surface area contributed by atoms with E-state index in [9.17, 15) is 0 Å². The highest BCUT2D eigenvalue weighted by atomic mass is 16.7. The molecule has 1 N–H and O–H groups in total. The van der Waals surface area contributed by atoms with E-state index in [4.69, 9.17) is 14.0 Å². The van der Waals surface area contributed by atoms with E-state index in [0.29, 0.717) is 17.2 Å². The third kappa shape index (κ3) is 4.23. The largest absolute Gasteiger partial charge is 0.864 e. The molecule has 0 bridgehead atoms. The van der Waals surface area contributed by atoms with Gasteiger partial charge in [0, 0.05) is 7.05 Å². The first-order chi connectivity index (χ1) is 11.8. The summed E-state index contributed by atoms with van der Waals surface area (Å²) in [5.74, 6) is 1.98. The van der Waals surface area contributed by atoms with Crippen LogP contribution in [0.2, 0.25) is 0 Å². The van der Waals surface area contributed by atoms with Gasteiger partial charge in [0.1, 0.15) is 17.2 Å². The Hall–Kier alpha value is -3.08. The molecule has 0 heterocycles. The summed E-state index contributed by atoms with van der Waals surface area (Å²) < 4.78 is 17.6. The Bertz CT molecular complexity index is 711. The summed E-state index contributed by atoms with van der Waals surface area (Å²) in [5.41, 5.74) is 0.857. The van der Waals surface area contributed by atoms with E-state index in [1.807, 2.05) is 92.0 Å². The Morgan fingerprint density at radius 2 is 1.12 bits per heavy atom. The van der Waals surface area contributed by atoms with E-state index in [0.717, 1.165) is 5.69 Å². The fourth-order valence-corrected chi connectivity index (χ4v) is 2.17. The fraction of sp³-hybridized carbons (Fsp3) is 0.0526. The minimum atomic E-state index is -0.913. The van der Waals surface area contributed by atoms with Gasteiger partial charge < -0.3 is 19.3 Å². The molecule has 0 unspecified atom stereocenters. The van der Waals surface area contributed by atoms with Gasteiger partial charge in [-0.15, -0.1) is 0 Å². The molecule has 0 saturated heterocycles. The first kappa shape index (κ1) is 15.8. The first-order valence-corrected chi connectivity index (χ1v) is 7.72. The number of benzene rings is 3. The van der Waals surface area contributed by atoms with Gasteiger partial charge >= 0.3 is 7.32 Å². The second-order valence-corrected chi connectivity index (χ2v) is 5.01. The summed E-state index contributed by atoms with van der Waals surface area (Å²) in [6.07, 6.45) is 0. The fourth-order valence-electron chi connectivity index (χ4n) is 2.17. The van der Waals surface area contributed by atoms with Crippen molar-refractivity contribution in [2.75, 3.05) is 12.4 Å². The quantitative estimate of drug-likeness (QED) is 0.661. The molecule has 4 nitrogen and oxygen atoms in total. The third-order valence-electron chi connectivity index (χ3n) is 3.33. The molecule has 0 aliphatic rings. The summed E-state index contributed by atoms with van der Waals surface area (Å²) in [5, 5.41) is 3.09. The lowest BCUT2D eigenvalue weighted by molar-refractivity contribution is 0.308. The molecule has 0 aromatic heterocycles. The van der Waals surface area contributed by atoms with Crippen molar-refractivity contribution in [1.82, 2.24) is 0 Å². The van der Waals surface area contributed by atoms with Crippen molar-refractivity contribution < 1.29 is 14.0 Å². The van der Waals surface area contributed by atoms with Crippen LogP contribution in [0.4, 0.5) is 5.69 Å². The lowest BCUT2D eigenvalue weighted by Crippen LogP contribution is -2.37. The number of hydrogen-bond acceptors (Lipinski definition) is 4. The number of para-hydroxylation sites is 4. The highest BCUT2D eigenvalue weighted by molar-refractivity contribution is 6.39. The lowest BCUT2D eigenvalue weighted by atomic mass is 10.2. The van der Waals surface area contributed by atoms with Crippen LogP contribution in [0.15, 0.2) is 84.9 Å². The molecule has 5 heteroatoms. The predicted molar refractivity (Wildman–Crippen MR) is 96.5 cm³/mol. The zero-order chi connectivity index (χ0) is 16.6. The highest BCUT2D eigenvalue weighted by Gasteiger charge is 2.30. The summed E-state index contributed by atoms with van der Waals surface area (Å²) >= 11 is 0. The Kier molecular flexibility index (Phi) is 5.25. The Labute approximate surface area is 142 Å². The van der Waals surface area contributed by atoms with Crippen molar-refractivity contribution in [2.24, 2.45) is 0 Å². The summed E-state index contributed by atoms with van der Waals surface area (Å²) in [4.78, 5) is 0. The van der Waals surface area contributed by atoms with Gasteiger partial charge in [0.05, 0.1) is 5.69 Å². The Balaban J connectivity index is 1.81. The molecule has 0 radical (unpaired) electrons. The van der Waals surface area contributed by atoms with Gasteiger partial charge in [-0.1, -0.05) is 48.5 Å². The molecule has 0 aliphatic heterocycles. The number of anilines is 1. The zero-order valence-corrected chi connectivity index (χ0v) is 13.4. The molecule has 0 saturated carbocycles. The Morgan fingerprint density at radius 1 is 0.625 bits per heavy atom. The maximum Gasteiger partial charge on any atom is 0.864 e. The van der Waals surface area contributed by atoms with Gasteiger partial charge in [-0.25, -0.2) is 0 Å². The van der Waals surface area contributed by atoms with Crippen molar-refractivity contribution in [3.63, 3.8) is 0 Å². The van der Waals surface area contributed by atoms with E-state index >= 15 is 0 Å². The van der Waals surface area contributed by atoms with Crippen molar-refractivity contribution in [3.8, 4) is 17.2 Å². The van der Waals surface area contributed by atoms with E-state index in [-0.39, 0.29) is 0 Å². The van der Waals surface area contributed by atoms with Crippen LogP contribution in [0, 0.1) is 0 Å². The van der Waals surface area contributed by atoms with Gasteiger partial charge in [-0.05, 0) is 36.4 Å².